The maximum atomic E-state index is 12.3. The summed E-state index contributed by atoms with van der Waals surface area (Å²) in [4.78, 5) is 14.0. The summed E-state index contributed by atoms with van der Waals surface area (Å²) in [5.41, 5.74) is 2.88. The number of urea groups is 1. The smallest absolute Gasteiger partial charge is 0.321 e. The molecule has 2 amide bonds. The molecule has 0 aromatic heterocycles. The lowest BCUT2D eigenvalue weighted by molar-refractivity contribution is 0.220. The van der Waals surface area contributed by atoms with Crippen molar-refractivity contribution >= 4 is 11.7 Å². The highest BCUT2D eigenvalue weighted by molar-refractivity contribution is 5.90. The van der Waals surface area contributed by atoms with E-state index in [4.69, 9.17) is 4.74 Å². The predicted octanol–water partition coefficient (Wildman–Crippen LogP) is 4.06. The summed E-state index contributed by atoms with van der Waals surface area (Å²) in [6.07, 6.45) is 0. The van der Waals surface area contributed by atoms with Gasteiger partial charge in [-0.05, 0) is 37.1 Å². The molecule has 0 saturated carbocycles. The zero-order valence-corrected chi connectivity index (χ0v) is 13.3. The number of anilines is 1. The minimum Gasteiger partial charge on any atom is -0.492 e. The third-order valence-electron chi connectivity index (χ3n) is 3.29. The predicted molar refractivity (Wildman–Crippen MR) is 89.3 cm³/mol. The van der Waals surface area contributed by atoms with Crippen molar-refractivity contribution in [1.82, 2.24) is 4.90 Å². The second-order valence-electron chi connectivity index (χ2n) is 5.20. The number of hydrogen-bond acceptors (Lipinski definition) is 2. The summed E-state index contributed by atoms with van der Waals surface area (Å²) in [7, 11) is 1.77. The Hall–Kier alpha value is -2.49. The van der Waals surface area contributed by atoms with Gasteiger partial charge in [0.25, 0.3) is 0 Å². The number of benzene rings is 2. The van der Waals surface area contributed by atoms with Crippen molar-refractivity contribution in [2.75, 3.05) is 19.0 Å². The fourth-order valence-electron chi connectivity index (χ4n) is 2.15. The van der Waals surface area contributed by atoms with E-state index in [0.717, 1.165) is 11.1 Å². The van der Waals surface area contributed by atoms with Crippen LogP contribution in [0.4, 0.5) is 10.5 Å². The lowest BCUT2D eigenvalue weighted by Crippen LogP contribution is -2.31. The van der Waals surface area contributed by atoms with Crippen molar-refractivity contribution < 1.29 is 9.53 Å². The number of rotatable bonds is 5. The van der Waals surface area contributed by atoms with Crippen LogP contribution in [0, 0.1) is 6.92 Å². The van der Waals surface area contributed by atoms with E-state index in [2.05, 4.69) is 5.32 Å². The van der Waals surface area contributed by atoms with Crippen LogP contribution in [0.5, 0.6) is 5.75 Å². The lowest BCUT2D eigenvalue weighted by atomic mass is 10.2. The standard InChI is InChI=1S/C18H22N2O2/c1-4-22-17-12-14(2)10-11-16(17)19-18(21)20(3)13-15-8-6-5-7-9-15/h5-12H,4,13H2,1-3H3,(H,19,21). The Bertz CT molecular complexity index is 626. The van der Waals surface area contributed by atoms with Gasteiger partial charge in [-0.3, -0.25) is 0 Å². The Morgan fingerprint density at radius 2 is 1.91 bits per heavy atom. The molecule has 2 aromatic rings. The highest BCUT2D eigenvalue weighted by Gasteiger charge is 2.12. The molecule has 0 radical (unpaired) electrons. The zero-order chi connectivity index (χ0) is 15.9. The van der Waals surface area contributed by atoms with Crippen molar-refractivity contribution in [3.05, 3.63) is 59.7 Å². The van der Waals surface area contributed by atoms with Crippen LogP contribution < -0.4 is 10.1 Å². The maximum absolute atomic E-state index is 12.3. The van der Waals surface area contributed by atoms with Gasteiger partial charge in [-0.15, -0.1) is 0 Å². The summed E-state index contributed by atoms with van der Waals surface area (Å²) in [5, 5.41) is 2.90. The number of carbonyl (C=O) groups excluding carboxylic acids is 1. The van der Waals surface area contributed by atoms with Crippen molar-refractivity contribution in [3.63, 3.8) is 0 Å². The van der Waals surface area contributed by atoms with Crippen LogP contribution in [0.25, 0.3) is 0 Å². The fourth-order valence-corrected chi connectivity index (χ4v) is 2.15. The van der Waals surface area contributed by atoms with Gasteiger partial charge in [-0.25, -0.2) is 4.79 Å². The third-order valence-corrected chi connectivity index (χ3v) is 3.29. The van der Waals surface area contributed by atoms with E-state index in [1.807, 2.05) is 62.4 Å². The molecule has 0 aliphatic carbocycles. The highest BCUT2D eigenvalue weighted by Crippen LogP contribution is 2.26. The Morgan fingerprint density at radius 1 is 1.18 bits per heavy atom. The lowest BCUT2D eigenvalue weighted by Gasteiger charge is -2.19. The molecule has 0 saturated heterocycles. The third kappa shape index (κ3) is 4.25. The molecule has 0 heterocycles. The van der Waals surface area contributed by atoms with Crippen LogP contribution in [0.1, 0.15) is 18.1 Å². The molecule has 2 aromatic carbocycles. The Balaban J connectivity index is 2.05. The summed E-state index contributed by atoms with van der Waals surface area (Å²) < 4.78 is 5.58. The van der Waals surface area contributed by atoms with E-state index < -0.39 is 0 Å². The fraction of sp³-hybridized carbons (Fsp3) is 0.278. The molecule has 0 aliphatic rings. The van der Waals surface area contributed by atoms with Crippen LogP contribution in [0.3, 0.4) is 0 Å². The first kappa shape index (κ1) is 15.9. The first-order valence-electron chi connectivity index (χ1n) is 7.39. The largest absolute Gasteiger partial charge is 0.492 e. The molecule has 0 bridgehead atoms. The van der Waals surface area contributed by atoms with Gasteiger partial charge in [0.2, 0.25) is 0 Å². The van der Waals surface area contributed by atoms with E-state index in [0.29, 0.717) is 24.6 Å². The number of amides is 2. The molecule has 4 heteroatoms. The zero-order valence-electron chi connectivity index (χ0n) is 13.3. The molecule has 0 fully saturated rings. The van der Waals surface area contributed by atoms with Crippen LogP contribution in [-0.4, -0.2) is 24.6 Å². The van der Waals surface area contributed by atoms with Gasteiger partial charge in [0.05, 0.1) is 12.3 Å². The van der Waals surface area contributed by atoms with Crippen molar-refractivity contribution in [2.24, 2.45) is 0 Å². The van der Waals surface area contributed by atoms with E-state index in [9.17, 15) is 4.79 Å². The average molecular weight is 298 g/mol. The minimum atomic E-state index is -0.159. The molecule has 22 heavy (non-hydrogen) atoms. The molecule has 0 atom stereocenters. The maximum Gasteiger partial charge on any atom is 0.321 e. The Kier molecular flexibility index (Phi) is 5.42. The second kappa shape index (κ2) is 7.50. The SMILES string of the molecule is CCOc1cc(C)ccc1NC(=O)N(C)Cc1ccccc1. The van der Waals surface area contributed by atoms with Gasteiger partial charge in [0, 0.05) is 13.6 Å². The van der Waals surface area contributed by atoms with Gasteiger partial charge >= 0.3 is 6.03 Å². The molecular weight excluding hydrogens is 276 g/mol. The molecule has 4 nitrogen and oxygen atoms in total. The van der Waals surface area contributed by atoms with Gasteiger partial charge in [-0.2, -0.15) is 0 Å². The number of nitrogens with zero attached hydrogens (tertiary/aromatic N) is 1. The average Bonchev–Trinajstić information content (AvgIpc) is 2.51. The quantitative estimate of drug-likeness (QED) is 0.904. The van der Waals surface area contributed by atoms with E-state index in [1.54, 1.807) is 11.9 Å². The highest BCUT2D eigenvalue weighted by atomic mass is 16.5. The molecule has 2 rings (SSSR count). The first-order valence-corrected chi connectivity index (χ1v) is 7.39. The summed E-state index contributed by atoms with van der Waals surface area (Å²) in [6, 6.07) is 15.5. The van der Waals surface area contributed by atoms with Gasteiger partial charge < -0.3 is 15.0 Å². The summed E-state index contributed by atoms with van der Waals surface area (Å²) in [5.74, 6) is 0.698. The van der Waals surface area contributed by atoms with Gasteiger partial charge in [0.15, 0.2) is 0 Å². The van der Waals surface area contributed by atoms with Crippen LogP contribution in [0.2, 0.25) is 0 Å². The topological polar surface area (TPSA) is 41.6 Å². The van der Waals surface area contributed by atoms with E-state index >= 15 is 0 Å². The minimum absolute atomic E-state index is 0.159. The molecule has 0 spiro atoms. The van der Waals surface area contributed by atoms with Crippen molar-refractivity contribution in [1.29, 1.82) is 0 Å². The van der Waals surface area contributed by atoms with Crippen molar-refractivity contribution in [3.8, 4) is 5.75 Å². The molecule has 0 unspecified atom stereocenters. The van der Waals surface area contributed by atoms with E-state index in [-0.39, 0.29) is 6.03 Å². The molecular formula is C18H22N2O2. The molecule has 116 valence electrons. The molecule has 1 N–H and O–H groups in total. The van der Waals surface area contributed by atoms with Crippen molar-refractivity contribution in [2.45, 2.75) is 20.4 Å². The Labute approximate surface area is 131 Å². The van der Waals surface area contributed by atoms with Gasteiger partial charge in [0.1, 0.15) is 5.75 Å². The number of nitrogens with one attached hydrogen (secondary N) is 1. The normalized spacial score (nSPS) is 10.1. The first-order chi connectivity index (χ1) is 10.6. The van der Waals surface area contributed by atoms with Crippen LogP contribution >= 0.6 is 0 Å². The van der Waals surface area contributed by atoms with Crippen LogP contribution in [0.15, 0.2) is 48.5 Å². The number of carbonyl (C=O) groups is 1. The number of hydrogen-bond donors (Lipinski definition) is 1. The summed E-state index contributed by atoms with van der Waals surface area (Å²) >= 11 is 0. The molecule has 0 aliphatic heterocycles. The number of ether oxygens (including phenoxy) is 1. The van der Waals surface area contributed by atoms with E-state index in [1.165, 1.54) is 0 Å². The summed E-state index contributed by atoms with van der Waals surface area (Å²) in [6.45, 7) is 5.04. The second-order valence-corrected chi connectivity index (χ2v) is 5.20. The number of aryl methyl sites for hydroxylation is 1. The monoisotopic (exact) mass is 298 g/mol. The van der Waals surface area contributed by atoms with Gasteiger partial charge in [-0.1, -0.05) is 36.4 Å². The Morgan fingerprint density at radius 3 is 2.59 bits per heavy atom. The van der Waals surface area contributed by atoms with Crippen LogP contribution in [-0.2, 0) is 6.54 Å².